The highest BCUT2D eigenvalue weighted by molar-refractivity contribution is 5.78. The Morgan fingerprint density at radius 1 is 1.45 bits per heavy atom. The first-order valence-corrected chi connectivity index (χ1v) is 7.55. The average molecular weight is 277 g/mol. The fourth-order valence-electron chi connectivity index (χ4n) is 3.11. The molecule has 2 aliphatic carbocycles. The SMILES string of the molecule is Cc1nc2c(n1CC(C)(NC1CC1)C(=O)O)CCCC2. The second-order valence-corrected chi connectivity index (χ2v) is 6.40. The predicted octanol–water partition coefficient (Wildman–Crippen LogP) is 1.67. The second-order valence-electron chi connectivity index (χ2n) is 6.40. The van der Waals surface area contributed by atoms with Gasteiger partial charge in [0.05, 0.1) is 12.2 Å². The molecule has 0 aliphatic heterocycles. The minimum absolute atomic E-state index is 0.371. The van der Waals surface area contributed by atoms with Crippen molar-refractivity contribution in [1.82, 2.24) is 14.9 Å². The molecule has 1 atom stereocenters. The van der Waals surface area contributed by atoms with E-state index in [1.165, 1.54) is 24.2 Å². The van der Waals surface area contributed by atoms with Gasteiger partial charge in [0.15, 0.2) is 0 Å². The van der Waals surface area contributed by atoms with E-state index in [0.717, 1.165) is 31.5 Å². The van der Waals surface area contributed by atoms with Crippen molar-refractivity contribution < 1.29 is 9.90 Å². The van der Waals surface area contributed by atoms with Crippen molar-refractivity contribution >= 4 is 5.97 Å². The molecule has 0 amide bonds. The van der Waals surface area contributed by atoms with Crippen LogP contribution in [-0.4, -0.2) is 32.2 Å². The van der Waals surface area contributed by atoms with Gasteiger partial charge in [-0.25, -0.2) is 4.98 Å². The van der Waals surface area contributed by atoms with E-state index in [4.69, 9.17) is 0 Å². The molecule has 110 valence electrons. The van der Waals surface area contributed by atoms with Gasteiger partial charge in [0.25, 0.3) is 0 Å². The lowest BCUT2D eigenvalue weighted by Crippen LogP contribution is -2.53. The van der Waals surface area contributed by atoms with Gasteiger partial charge >= 0.3 is 5.97 Å². The monoisotopic (exact) mass is 277 g/mol. The average Bonchev–Trinajstić information content (AvgIpc) is 3.15. The summed E-state index contributed by atoms with van der Waals surface area (Å²) >= 11 is 0. The van der Waals surface area contributed by atoms with E-state index in [1.807, 2.05) is 6.92 Å². The molecule has 1 aromatic heterocycles. The Hall–Kier alpha value is -1.36. The number of aliphatic carboxylic acids is 1. The van der Waals surface area contributed by atoms with Crippen molar-refractivity contribution in [1.29, 1.82) is 0 Å². The van der Waals surface area contributed by atoms with Crippen LogP contribution in [-0.2, 0) is 24.2 Å². The van der Waals surface area contributed by atoms with Gasteiger partial charge in [-0.15, -0.1) is 0 Å². The second kappa shape index (κ2) is 4.88. The molecule has 1 heterocycles. The summed E-state index contributed by atoms with van der Waals surface area (Å²) < 4.78 is 2.12. The van der Waals surface area contributed by atoms with Gasteiger partial charge in [-0.1, -0.05) is 0 Å². The zero-order chi connectivity index (χ0) is 14.3. The number of aromatic nitrogens is 2. The van der Waals surface area contributed by atoms with Gasteiger partial charge in [-0.05, 0) is 52.4 Å². The molecule has 3 rings (SSSR count). The van der Waals surface area contributed by atoms with E-state index in [2.05, 4.69) is 14.9 Å². The molecular formula is C15H23N3O2. The Labute approximate surface area is 119 Å². The summed E-state index contributed by atoms with van der Waals surface area (Å²) in [6, 6.07) is 0.371. The molecule has 1 saturated carbocycles. The summed E-state index contributed by atoms with van der Waals surface area (Å²) in [6.07, 6.45) is 6.60. The van der Waals surface area contributed by atoms with Crippen molar-refractivity contribution in [2.45, 2.75) is 70.5 Å². The minimum atomic E-state index is -0.905. The fraction of sp³-hybridized carbons (Fsp3) is 0.733. The number of nitrogens with one attached hydrogen (secondary N) is 1. The number of carboxylic acid groups (broad SMARTS) is 1. The molecule has 2 aliphatic rings. The van der Waals surface area contributed by atoms with Crippen molar-refractivity contribution in [3.05, 3.63) is 17.2 Å². The maximum Gasteiger partial charge on any atom is 0.325 e. The number of carbonyl (C=O) groups is 1. The van der Waals surface area contributed by atoms with E-state index in [-0.39, 0.29) is 0 Å². The molecule has 2 N–H and O–H groups in total. The summed E-state index contributed by atoms with van der Waals surface area (Å²) in [6.45, 7) is 4.24. The standard InChI is InChI=1S/C15H23N3O2/c1-10-16-12-5-3-4-6-13(12)18(10)9-15(2,14(19)20)17-11-7-8-11/h11,17H,3-9H2,1-2H3,(H,19,20). The lowest BCUT2D eigenvalue weighted by atomic mass is 9.99. The highest BCUT2D eigenvalue weighted by Crippen LogP contribution is 2.27. The van der Waals surface area contributed by atoms with Gasteiger partial charge in [0.2, 0.25) is 0 Å². The molecule has 1 fully saturated rings. The van der Waals surface area contributed by atoms with Crippen LogP contribution in [0.5, 0.6) is 0 Å². The highest BCUT2D eigenvalue weighted by atomic mass is 16.4. The first-order chi connectivity index (χ1) is 9.49. The predicted molar refractivity (Wildman–Crippen MR) is 75.8 cm³/mol. The van der Waals surface area contributed by atoms with Crippen LogP contribution in [0.2, 0.25) is 0 Å². The van der Waals surface area contributed by atoms with Gasteiger partial charge in [-0.2, -0.15) is 0 Å². The van der Waals surface area contributed by atoms with Crippen molar-refractivity contribution in [2.24, 2.45) is 0 Å². The Balaban J connectivity index is 1.88. The molecule has 0 spiro atoms. The van der Waals surface area contributed by atoms with E-state index in [0.29, 0.717) is 12.6 Å². The Morgan fingerprint density at radius 3 is 2.80 bits per heavy atom. The fourth-order valence-corrected chi connectivity index (χ4v) is 3.11. The number of aryl methyl sites for hydroxylation is 2. The molecule has 20 heavy (non-hydrogen) atoms. The van der Waals surface area contributed by atoms with Crippen LogP contribution in [0.1, 0.15) is 49.8 Å². The number of fused-ring (bicyclic) bond motifs is 1. The molecule has 1 unspecified atom stereocenters. The first kappa shape index (κ1) is 13.6. The maximum atomic E-state index is 11.7. The molecule has 0 bridgehead atoms. The van der Waals surface area contributed by atoms with Crippen LogP contribution < -0.4 is 5.32 Å². The molecule has 5 heteroatoms. The number of imidazole rings is 1. The molecule has 0 saturated heterocycles. The summed E-state index contributed by atoms with van der Waals surface area (Å²) in [7, 11) is 0. The summed E-state index contributed by atoms with van der Waals surface area (Å²) in [4.78, 5) is 16.3. The molecule has 0 radical (unpaired) electrons. The minimum Gasteiger partial charge on any atom is -0.480 e. The van der Waals surface area contributed by atoms with Gasteiger partial charge < -0.3 is 9.67 Å². The summed E-state index contributed by atoms with van der Waals surface area (Å²) in [5.74, 6) is 0.170. The van der Waals surface area contributed by atoms with Crippen LogP contribution >= 0.6 is 0 Å². The zero-order valence-electron chi connectivity index (χ0n) is 12.3. The lowest BCUT2D eigenvalue weighted by Gasteiger charge is -2.29. The topological polar surface area (TPSA) is 67.2 Å². The summed E-state index contributed by atoms with van der Waals surface area (Å²) in [5.41, 5.74) is 1.52. The van der Waals surface area contributed by atoms with E-state index in [1.54, 1.807) is 6.92 Å². The van der Waals surface area contributed by atoms with Crippen LogP contribution in [0.4, 0.5) is 0 Å². The molecular weight excluding hydrogens is 254 g/mol. The zero-order valence-corrected chi connectivity index (χ0v) is 12.3. The molecule has 0 aromatic carbocycles. The number of carboxylic acids is 1. The third-order valence-electron chi connectivity index (χ3n) is 4.47. The third-order valence-corrected chi connectivity index (χ3v) is 4.47. The van der Waals surface area contributed by atoms with Gasteiger partial charge in [-0.3, -0.25) is 10.1 Å². The van der Waals surface area contributed by atoms with E-state index in [9.17, 15) is 9.90 Å². The van der Waals surface area contributed by atoms with Gasteiger partial charge in [0, 0.05) is 11.7 Å². The number of nitrogens with zero attached hydrogens (tertiary/aromatic N) is 2. The quantitative estimate of drug-likeness (QED) is 0.859. The van der Waals surface area contributed by atoms with E-state index < -0.39 is 11.5 Å². The van der Waals surface area contributed by atoms with Gasteiger partial charge in [0.1, 0.15) is 11.4 Å². The van der Waals surface area contributed by atoms with Crippen LogP contribution in [0.3, 0.4) is 0 Å². The van der Waals surface area contributed by atoms with Crippen LogP contribution in [0, 0.1) is 6.92 Å². The first-order valence-electron chi connectivity index (χ1n) is 7.55. The van der Waals surface area contributed by atoms with Crippen molar-refractivity contribution in [3.63, 3.8) is 0 Å². The Bertz CT molecular complexity index is 533. The largest absolute Gasteiger partial charge is 0.480 e. The van der Waals surface area contributed by atoms with Crippen LogP contribution in [0.25, 0.3) is 0 Å². The number of hydrogen-bond acceptors (Lipinski definition) is 3. The third kappa shape index (κ3) is 2.46. The number of hydrogen-bond donors (Lipinski definition) is 2. The maximum absolute atomic E-state index is 11.7. The molecule has 1 aromatic rings. The normalized spacial score (nSPS) is 21.3. The summed E-state index contributed by atoms with van der Waals surface area (Å²) in [5, 5.41) is 12.9. The van der Waals surface area contributed by atoms with Crippen molar-refractivity contribution in [2.75, 3.05) is 0 Å². The number of rotatable bonds is 5. The highest BCUT2D eigenvalue weighted by Gasteiger charge is 2.39. The van der Waals surface area contributed by atoms with E-state index >= 15 is 0 Å². The lowest BCUT2D eigenvalue weighted by molar-refractivity contribution is -0.144. The van der Waals surface area contributed by atoms with Crippen LogP contribution in [0.15, 0.2) is 0 Å². The smallest absolute Gasteiger partial charge is 0.325 e. The molecule has 5 nitrogen and oxygen atoms in total. The van der Waals surface area contributed by atoms with Crippen molar-refractivity contribution in [3.8, 4) is 0 Å². The Morgan fingerprint density at radius 2 is 2.15 bits per heavy atom. The Kier molecular flexibility index (Phi) is 3.32.